The summed E-state index contributed by atoms with van der Waals surface area (Å²) in [6.07, 6.45) is 4.72. The highest BCUT2D eigenvalue weighted by Gasteiger charge is 2.13. The highest BCUT2D eigenvalue weighted by atomic mass is 16.5. The molecular weight excluding hydrogens is 492 g/mol. The third-order valence-corrected chi connectivity index (χ3v) is 6.70. The molecule has 1 amide bonds. The number of amides is 1. The second-order valence-electron chi connectivity index (χ2n) is 9.30. The molecule has 39 heavy (non-hydrogen) atoms. The van der Waals surface area contributed by atoms with E-state index in [9.17, 15) is 9.59 Å². The Balaban J connectivity index is 1.28. The fraction of sp³-hybridized carbons (Fsp3) is 0.233. The smallest absolute Gasteiger partial charge is 0.258 e. The molecule has 0 fully saturated rings. The van der Waals surface area contributed by atoms with Crippen molar-refractivity contribution in [2.75, 3.05) is 31.6 Å². The van der Waals surface area contributed by atoms with E-state index in [-0.39, 0.29) is 11.5 Å². The van der Waals surface area contributed by atoms with Gasteiger partial charge in [0.2, 0.25) is 0 Å². The fourth-order valence-electron chi connectivity index (χ4n) is 4.48. The van der Waals surface area contributed by atoms with Crippen LogP contribution in [0.5, 0.6) is 5.75 Å². The summed E-state index contributed by atoms with van der Waals surface area (Å²) in [4.78, 5) is 33.9. The molecule has 0 aliphatic rings. The number of pyridine rings is 1. The standard InChI is InChI=1S/C30H32N6O3/c1-3-35(4-2)12-13-39-25-10-11-27-22(14-25)15-28(34-27)26-16-24(18-31-30(26)38)33-29(37)23-17-32-36(20-23)19-21-8-6-5-7-9-21/h5-11,14-18,20,34H,3-4,12-13,19H2,1-2H3,(H,31,38)(H,33,37). The van der Waals surface area contributed by atoms with E-state index in [2.05, 4.69) is 39.1 Å². The number of ether oxygens (including phenoxy) is 1. The first-order valence-electron chi connectivity index (χ1n) is 13.1. The van der Waals surface area contributed by atoms with Crippen LogP contribution >= 0.6 is 0 Å². The number of fused-ring (bicyclic) bond motifs is 1. The Hall–Kier alpha value is -4.63. The van der Waals surface area contributed by atoms with Gasteiger partial charge >= 0.3 is 0 Å². The van der Waals surface area contributed by atoms with Gasteiger partial charge in [-0.2, -0.15) is 5.10 Å². The molecule has 3 aromatic heterocycles. The first-order valence-corrected chi connectivity index (χ1v) is 13.1. The number of likely N-dealkylation sites (N-methyl/N-ethyl adjacent to an activating group) is 1. The van der Waals surface area contributed by atoms with Crippen LogP contribution in [0.25, 0.3) is 22.2 Å². The Kier molecular flexibility index (Phi) is 7.88. The fourth-order valence-corrected chi connectivity index (χ4v) is 4.48. The van der Waals surface area contributed by atoms with Crippen LogP contribution in [0.15, 0.2) is 84.0 Å². The molecular formula is C30H32N6O3. The van der Waals surface area contributed by atoms with Crippen LogP contribution < -0.4 is 15.6 Å². The molecule has 0 atom stereocenters. The number of aromatic nitrogens is 4. The summed E-state index contributed by atoms with van der Waals surface area (Å²) in [6.45, 7) is 8.31. The van der Waals surface area contributed by atoms with Crippen molar-refractivity contribution >= 4 is 22.5 Å². The summed E-state index contributed by atoms with van der Waals surface area (Å²) in [6, 6.07) is 19.3. The van der Waals surface area contributed by atoms with Crippen LogP contribution in [0, 0.1) is 0 Å². The molecule has 3 heterocycles. The van der Waals surface area contributed by atoms with Gasteiger partial charge in [-0.15, -0.1) is 0 Å². The van der Waals surface area contributed by atoms with Gasteiger partial charge in [0, 0.05) is 29.8 Å². The molecule has 9 nitrogen and oxygen atoms in total. The first-order chi connectivity index (χ1) is 19.0. The molecule has 2 aromatic carbocycles. The highest BCUT2D eigenvalue weighted by Crippen LogP contribution is 2.26. The number of rotatable bonds is 11. The number of aromatic amines is 2. The van der Waals surface area contributed by atoms with Gasteiger partial charge in [0.05, 0.1) is 35.2 Å². The Morgan fingerprint density at radius 2 is 1.90 bits per heavy atom. The molecule has 9 heteroatoms. The van der Waals surface area contributed by atoms with Gasteiger partial charge in [0.25, 0.3) is 11.5 Å². The molecule has 200 valence electrons. The lowest BCUT2D eigenvalue weighted by Gasteiger charge is -2.17. The largest absolute Gasteiger partial charge is 0.492 e. The van der Waals surface area contributed by atoms with Crippen LogP contribution in [0.4, 0.5) is 5.69 Å². The minimum Gasteiger partial charge on any atom is -0.492 e. The molecule has 0 bridgehead atoms. The lowest BCUT2D eigenvalue weighted by molar-refractivity contribution is 0.102. The first kappa shape index (κ1) is 26.0. The quantitative estimate of drug-likeness (QED) is 0.231. The van der Waals surface area contributed by atoms with Crippen LogP contribution in [-0.4, -0.2) is 56.8 Å². The van der Waals surface area contributed by atoms with Crippen LogP contribution in [0.2, 0.25) is 0 Å². The number of benzene rings is 2. The highest BCUT2D eigenvalue weighted by molar-refractivity contribution is 6.04. The van der Waals surface area contributed by atoms with Gasteiger partial charge in [-0.25, -0.2) is 0 Å². The van der Waals surface area contributed by atoms with Gasteiger partial charge in [-0.3, -0.25) is 14.3 Å². The van der Waals surface area contributed by atoms with E-state index < -0.39 is 0 Å². The Morgan fingerprint density at radius 3 is 2.69 bits per heavy atom. The normalized spacial score (nSPS) is 11.3. The van der Waals surface area contributed by atoms with E-state index in [1.165, 1.54) is 12.4 Å². The maximum absolute atomic E-state index is 12.9. The summed E-state index contributed by atoms with van der Waals surface area (Å²) in [5.41, 5.74) is 3.70. The summed E-state index contributed by atoms with van der Waals surface area (Å²) in [5.74, 6) is 0.471. The third kappa shape index (κ3) is 6.27. The van der Waals surface area contributed by atoms with Crippen molar-refractivity contribution in [3.05, 3.63) is 101 Å². The number of nitrogens with one attached hydrogen (secondary N) is 3. The zero-order valence-corrected chi connectivity index (χ0v) is 22.1. The maximum Gasteiger partial charge on any atom is 0.258 e. The van der Waals surface area contributed by atoms with Crippen molar-refractivity contribution in [1.82, 2.24) is 24.6 Å². The number of nitrogens with zero attached hydrogens (tertiary/aromatic N) is 3. The SMILES string of the molecule is CCN(CC)CCOc1ccc2[nH]c(-c3cc(NC(=O)c4cnn(Cc5ccccc5)c4)c[nH]c3=O)cc2c1. The number of carbonyl (C=O) groups is 1. The van der Waals surface area contributed by atoms with E-state index in [4.69, 9.17) is 4.74 Å². The lowest BCUT2D eigenvalue weighted by Crippen LogP contribution is -2.27. The van der Waals surface area contributed by atoms with E-state index in [1.807, 2.05) is 54.6 Å². The van der Waals surface area contributed by atoms with Crippen LogP contribution in [-0.2, 0) is 6.54 Å². The van der Waals surface area contributed by atoms with Gasteiger partial charge < -0.3 is 24.9 Å². The third-order valence-electron chi connectivity index (χ3n) is 6.70. The predicted octanol–water partition coefficient (Wildman–Crippen LogP) is 4.74. The summed E-state index contributed by atoms with van der Waals surface area (Å²) < 4.78 is 7.67. The van der Waals surface area contributed by atoms with Gasteiger partial charge in [-0.1, -0.05) is 44.2 Å². The van der Waals surface area contributed by atoms with Crippen molar-refractivity contribution in [2.24, 2.45) is 0 Å². The van der Waals surface area contributed by atoms with Gasteiger partial charge in [0.15, 0.2) is 0 Å². The minimum atomic E-state index is -0.310. The summed E-state index contributed by atoms with van der Waals surface area (Å²) in [7, 11) is 0. The van der Waals surface area contributed by atoms with Crippen LogP contribution in [0.3, 0.4) is 0 Å². The molecule has 0 aliphatic heterocycles. The van der Waals surface area contributed by atoms with Crippen molar-refractivity contribution in [3.63, 3.8) is 0 Å². The molecule has 0 saturated carbocycles. The van der Waals surface area contributed by atoms with Gasteiger partial charge in [0.1, 0.15) is 12.4 Å². The van der Waals surface area contributed by atoms with E-state index in [1.54, 1.807) is 16.9 Å². The second kappa shape index (κ2) is 11.8. The molecule has 0 spiro atoms. The molecule has 0 saturated heterocycles. The molecule has 0 unspecified atom stereocenters. The second-order valence-corrected chi connectivity index (χ2v) is 9.30. The van der Waals surface area contributed by atoms with Crippen molar-refractivity contribution in [1.29, 1.82) is 0 Å². The van der Waals surface area contributed by atoms with Crippen molar-refractivity contribution in [2.45, 2.75) is 20.4 Å². The molecule has 0 radical (unpaired) electrons. The lowest BCUT2D eigenvalue weighted by atomic mass is 10.1. The Bertz CT molecular complexity index is 1610. The zero-order valence-electron chi connectivity index (χ0n) is 22.1. The average Bonchev–Trinajstić information content (AvgIpc) is 3.60. The maximum atomic E-state index is 12.9. The Morgan fingerprint density at radius 1 is 1.08 bits per heavy atom. The van der Waals surface area contributed by atoms with Crippen molar-refractivity contribution in [3.8, 4) is 17.0 Å². The van der Waals surface area contributed by atoms with E-state index in [0.29, 0.717) is 35.7 Å². The average molecular weight is 525 g/mol. The zero-order chi connectivity index (χ0) is 27.2. The Labute approximate surface area is 226 Å². The molecule has 5 rings (SSSR count). The topological polar surface area (TPSA) is 108 Å². The molecule has 0 aliphatic carbocycles. The number of hydrogen-bond acceptors (Lipinski definition) is 5. The molecule has 3 N–H and O–H groups in total. The van der Waals surface area contributed by atoms with E-state index >= 15 is 0 Å². The monoisotopic (exact) mass is 524 g/mol. The predicted molar refractivity (Wildman–Crippen MR) is 153 cm³/mol. The number of hydrogen-bond donors (Lipinski definition) is 3. The van der Waals surface area contributed by atoms with Crippen molar-refractivity contribution < 1.29 is 9.53 Å². The van der Waals surface area contributed by atoms with Gasteiger partial charge in [-0.05, 0) is 49.0 Å². The number of anilines is 1. The van der Waals surface area contributed by atoms with Crippen LogP contribution in [0.1, 0.15) is 29.8 Å². The molecule has 5 aromatic rings. The van der Waals surface area contributed by atoms with E-state index in [0.717, 1.165) is 41.9 Å². The minimum absolute atomic E-state index is 0.258. The summed E-state index contributed by atoms with van der Waals surface area (Å²) in [5, 5.41) is 8.09. The summed E-state index contributed by atoms with van der Waals surface area (Å²) >= 11 is 0. The number of carbonyl (C=O) groups excluding carboxylic acids is 1. The number of H-pyrrole nitrogens is 2.